The second-order valence-corrected chi connectivity index (χ2v) is 4.18. The summed E-state index contributed by atoms with van der Waals surface area (Å²) >= 11 is 0. The van der Waals surface area contributed by atoms with E-state index in [9.17, 15) is 0 Å². The molecule has 1 rings (SSSR count). The summed E-state index contributed by atoms with van der Waals surface area (Å²) in [6.45, 7) is 15.3. The molecule has 1 heterocycles. The lowest BCUT2D eigenvalue weighted by Gasteiger charge is -2.17. The van der Waals surface area contributed by atoms with Crippen LogP contribution in [0, 0.1) is 11.8 Å². The van der Waals surface area contributed by atoms with Crippen molar-refractivity contribution in [1.82, 2.24) is 5.32 Å². The number of hydrogen-bond acceptors (Lipinski definition) is 1. The van der Waals surface area contributed by atoms with Gasteiger partial charge in [0.25, 0.3) is 0 Å². The summed E-state index contributed by atoms with van der Waals surface area (Å²) in [5.41, 5.74) is 0. The van der Waals surface area contributed by atoms with Crippen molar-refractivity contribution in [3.8, 4) is 0 Å². The predicted molar refractivity (Wildman–Crippen MR) is 63.1 cm³/mol. The molecule has 13 heavy (non-hydrogen) atoms. The summed E-state index contributed by atoms with van der Waals surface area (Å²) in [6.07, 6.45) is 2.80. The van der Waals surface area contributed by atoms with Crippen LogP contribution in [0.25, 0.3) is 0 Å². The Morgan fingerprint density at radius 2 is 1.62 bits per heavy atom. The third kappa shape index (κ3) is 18.7. The minimum atomic E-state index is 0.833. The van der Waals surface area contributed by atoms with Gasteiger partial charge in [-0.1, -0.05) is 41.5 Å². The molecule has 1 fully saturated rings. The fourth-order valence-electron chi connectivity index (χ4n) is 1.03. The fourth-order valence-corrected chi connectivity index (χ4v) is 1.03. The molecule has 1 N–H and O–H groups in total. The number of hydrogen-bond donors (Lipinski definition) is 1. The van der Waals surface area contributed by atoms with Crippen molar-refractivity contribution in [1.29, 1.82) is 0 Å². The summed E-state index contributed by atoms with van der Waals surface area (Å²) in [4.78, 5) is 0. The van der Waals surface area contributed by atoms with E-state index in [-0.39, 0.29) is 0 Å². The third-order valence-electron chi connectivity index (χ3n) is 1.54. The van der Waals surface area contributed by atoms with Crippen molar-refractivity contribution in [2.45, 2.75) is 54.4 Å². The Labute approximate surface area is 85.3 Å². The highest BCUT2D eigenvalue weighted by Crippen LogP contribution is 2.06. The van der Waals surface area contributed by atoms with Gasteiger partial charge in [-0.15, -0.1) is 0 Å². The fraction of sp³-hybridized carbons (Fsp3) is 1.00. The van der Waals surface area contributed by atoms with Crippen LogP contribution in [0.2, 0.25) is 0 Å². The van der Waals surface area contributed by atoms with Crippen LogP contribution in [0.4, 0.5) is 0 Å². The van der Waals surface area contributed by atoms with Gasteiger partial charge >= 0.3 is 0 Å². The maximum atomic E-state index is 3.33. The average molecular weight is 187 g/mol. The van der Waals surface area contributed by atoms with E-state index in [4.69, 9.17) is 0 Å². The second kappa shape index (κ2) is 12.0. The average Bonchev–Trinajstić information content (AvgIpc) is 2.08. The van der Waals surface area contributed by atoms with E-state index in [1.165, 1.54) is 25.9 Å². The summed E-state index contributed by atoms with van der Waals surface area (Å²) < 4.78 is 0. The van der Waals surface area contributed by atoms with Crippen molar-refractivity contribution in [3.05, 3.63) is 0 Å². The van der Waals surface area contributed by atoms with Gasteiger partial charge in [0.05, 0.1) is 0 Å². The van der Waals surface area contributed by atoms with E-state index in [1.807, 2.05) is 13.8 Å². The van der Waals surface area contributed by atoms with Crippen LogP contribution in [0.5, 0.6) is 0 Å². The highest BCUT2D eigenvalue weighted by atomic mass is 14.9. The molecule has 1 aliphatic rings. The van der Waals surface area contributed by atoms with E-state index >= 15 is 0 Å². The van der Waals surface area contributed by atoms with Gasteiger partial charge in [0, 0.05) is 0 Å². The Kier molecular flexibility index (Phi) is 14.2. The summed E-state index contributed by atoms with van der Waals surface area (Å²) in [5, 5.41) is 3.33. The molecule has 0 aromatic heterocycles. The molecule has 0 aromatic rings. The van der Waals surface area contributed by atoms with E-state index in [0.29, 0.717) is 0 Å². The highest BCUT2D eigenvalue weighted by molar-refractivity contribution is 4.63. The minimum Gasteiger partial charge on any atom is -0.316 e. The Bertz CT molecular complexity index is 70.4. The Hall–Kier alpha value is -0.0400. The monoisotopic (exact) mass is 187 g/mol. The molecule has 0 amide bonds. The molecule has 1 aliphatic heterocycles. The van der Waals surface area contributed by atoms with Crippen molar-refractivity contribution < 1.29 is 0 Å². The zero-order valence-electron chi connectivity index (χ0n) is 10.5. The lowest BCUT2D eigenvalue weighted by atomic mass is 10.0. The Balaban J connectivity index is 0. The van der Waals surface area contributed by atoms with Gasteiger partial charge in [0.1, 0.15) is 0 Å². The lowest BCUT2D eigenvalue weighted by molar-refractivity contribution is 0.405. The van der Waals surface area contributed by atoms with Gasteiger partial charge in [-0.3, -0.25) is 0 Å². The summed E-state index contributed by atoms with van der Waals surface area (Å²) in [6, 6.07) is 0. The van der Waals surface area contributed by atoms with Crippen LogP contribution in [-0.2, 0) is 0 Å². The first-order chi connectivity index (χ1) is 6.13. The molecule has 0 saturated carbocycles. The zero-order chi connectivity index (χ0) is 10.7. The van der Waals surface area contributed by atoms with Gasteiger partial charge < -0.3 is 5.32 Å². The molecule has 1 heteroatoms. The highest BCUT2D eigenvalue weighted by Gasteiger charge is 2.04. The first-order valence-corrected chi connectivity index (χ1v) is 5.83. The van der Waals surface area contributed by atoms with Gasteiger partial charge in [-0.2, -0.15) is 0 Å². The molecule has 82 valence electrons. The van der Waals surface area contributed by atoms with Crippen LogP contribution in [-0.4, -0.2) is 13.1 Å². The summed E-state index contributed by atoms with van der Waals surface area (Å²) in [7, 11) is 0. The zero-order valence-corrected chi connectivity index (χ0v) is 10.5. The molecule has 1 atom stereocenters. The van der Waals surface area contributed by atoms with Crippen LogP contribution >= 0.6 is 0 Å². The van der Waals surface area contributed by atoms with E-state index in [2.05, 4.69) is 33.0 Å². The number of rotatable bonds is 0. The van der Waals surface area contributed by atoms with Crippen molar-refractivity contribution in [2.24, 2.45) is 11.8 Å². The van der Waals surface area contributed by atoms with Crippen molar-refractivity contribution >= 4 is 0 Å². The maximum Gasteiger partial charge on any atom is -0.00231 e. The summed E-state index contributed by atoms with van der Waals surface area (Å²) in [5.74, 6) is 1.76. The van der Waals surface area contributed by atoms with E-state index in [1.54, 1.807) is 0 Å². The van der Waals surface area contributed by atoms with Gasteiger partial charge in [-0.25, -0.2) is 0 Å². The van der Waals surface area contributed by atoms with Crippen molar-refractivity contribution in [3.63, 3.8) is 0 Å². The lowest BCUT2D eigenvalue weighted by Crippen LogP contribution is -2.27. The quantitative estimate of drug-likeness (QED) is 0.610. The molecule has 1 unspecified atom stereocenters. The smallest absolute Gasteiger partial charge is 0.00231 e. The number of nitrogens with one attached hydrogen (secondary N) is 1. The van der Waals surface area contributed by atoms with Crippen LogP contribution in [0.3, 0.4) is 0 Å². The first-order valence-electron chi connectivity index (χ1n) is 5.83. The standard InChI is InChI=1S/C6H13N.C4H10.C2H6/c1-6-3-2-4-7-5-6;1-4(2)3;1-2/h6-7H,2-5H2,1H3;4H,1-3H3;1-2H3. The molecule has 0 bridgehead atoms. The molecule has 0 aliphatic carbocycles. The first kappa shape index (κ1) is 15.4. The molecule has 1 nitrogen and oxygen atoms in total. The van der Waals surface area contributed by atoms with E-state index < -0.39 is 0 Å². The molecule has 1 saturated heterocycles. The van der Waals surface area contributed by atoms with E-state index in [0.717, 1.165) is 11.8 Å². The predicted octanol–water partition coefficient (Wildman–Crippen LogP) is 3.69. The molecule has 0 aromatic carbocycles. The molecule has 0 spiro atoms. The number of piperidine rings is 1. The van der Waals surface area contributed by atoms with Crippen LogP contribution in [0.15, 0.2) is 0 Å². The Morgan fingerprint density at radius 1 is 1.15 bits per heavy atom. The normalized spacial score (nSPS) is 21.0. The second-order valence-electron chi connectivity index (χ2n) is 4.18. The largest absolute Gasteiger partial charge is 0.316 e. The van der Waals surface area contributed by atoms with Gasteiger partial charge in [0.15, 0.2) is 0 Å². The SMILES string of the molecule is CC.CC(C)C.CC1CCCNC1. The van der Waals surface area contributed by atoms with Gasteiger partial charge in [0.2, 0.25) is 0 Å². The van der Waals surface area contributed by atoms with Crippen molar-refractivity contribution in [2.75, 3.05) is 13.1 Å². The van der Waals surface area contributed by atoms with Gasteiger partial charge in [-0.05, 0) is 37.8 Å². The Morgan fingerprint density at radius 3 is 1.77 bits per heavy atom. The molecule has 0 radical (unpaired) electrons. The maximum absolute atomic E-state index is 3.33. The minimum absolute atomic E-state index is 0.833. The topological polar surface area (TPSA) is 12.0 Å². The van der Waals surface area contributed by atoms with Crippen LogP contribution in [0.1, 0.15) is 54.4 Å². The molecular formula is C12H29N. The third-order valence-corrected chi connectivity index (χ3v) is 1.54. The van der Waals surface area contributed by atoms with Crippen LogP contribution < -0.4 is 5.32 Å². The molecular weight excluding hydrogens is 158 g/mol.